The third-order valence-electron chi connectivity index (χ3n) is 4.55. The third-order valence-corrected chi connectivity index (χ3v) is 4.55. The van der Waals surface area contributed by atoms with E-state index in [2.05, 4.69) is 13.8 Å². The number of carboxylic acid groups (broad SMARTS) is 1. The number of carbonyl (C=O) groups is 1. The van der Waals surface area contributed by atoms with Crippen molar-refractivity contribution < 1.29 is 19.0 Å². The van der Waals surface area contributed by atoms with Crippen molar-refractivity contribution in [1.29, 1.82) is 0 Å². The first kappa shape index (κ1) is 15.8. The molecule has 2 rings (SSSR count). The molecule has 0 aliphatic heterocycles. The molecular weight excluding hydrogens is 271 g/mol. The van der Waals surface area contributed by atoms with Gasteiger partial charge in [0.25, 0.3) is 0 Å². The van der Waals surface area contributed by atoms with E-state index in [0.29, 0.717) is 12.8 Å². The summed E-state index contributed by atoms with van der Waals surface area (Å²) in [6.07, 6.45) is 3.09. The number of benzene rings is 1. The van der Waals surface area contributed by atoms with Gasteiger partial charge in [-0.2, -0.15) is 0 Å². The van der Waals surface area contributed by atoms with Crippen molar-refractivity contribution in [2.75, 3.05) is 7.11 Å². The van der Waals surface area contributed by atoms with E-state index in [1.807, 2.05) is 6.07 Å². The number of hydrogen-bond acceptors (Lipinski definition) is 2. The summed E-state index contributed by atoms with van der Waals surface area (Å²) in [5, 5.41) is 9.40. The number of aliphatic carboxylic acids is 1. The Morgan fingerprint density at radius 2 is 2.19 bits per heavy atom. The Kier molecular flexibility index (Phi) is 4.55. The molecule has 0 heterocycles. The molecule has 0 radical (unpaired) electrons. The second-order valence-corrected chi connectivity index (χ2v) is 6.78. The SMILES string of the molecule is COc1ccc(CC2CC(C)(C)CCC2C(=O)O)cc1F. The van der Waals surface area contributed by atoms with Crippen LogP contribution in [0, 0.1) is 23.1 Å². The lowest BCUT2D eigenvalue weighted by Crippen LogP contribution is -2.35. The van der Waals surface area contributed by atoms with Gasteiger partial charge >= 0.3 is 5.97 Å². The average Bonchev–Trinajstić information content (AvgIpc) is 2.37. The topological polar surface area (TPSA) is 46.5 Å². The van der Waals surface area contributed by atoms with Crippen molar-refractivity contribution in [2.24, 2.45) is 17.3 Å². The Bertz CT molecular complexity index is 525. The second kappa shape index (κ2) is 6.04. The van der Waals surface area contributed by atoms with Crippen molar-refractivity contribution in [2.45, 2.75) is 39.5 Å². The maximum Gasteiger partial charge on any atom is 0.306 e. The van der Waals surface area contributed by atoms with Crippen molar-refractivity contribution in [3.8, 4) is 5.75 Å². The molecule has 0 spiro atoms. The predicted octanol–water partition coefficient (Wildman–Crippen LogP) is 3.90. The van der Waals surface area contributed by atoms with Crippen molar-refractivity contribution in [1.82, 2.24) is 0 Å². The highest BCUT2D eigenvalue weighted by Gasteiger charge is 2.38. The summed E-state index contributed by atoms with van der Waals surface area (Å²) in [5.41, 5.74) is 0.990. The molecule has 1 fully saturated rings. The molecule has 4 heteroatoms. The smallest absolute Gasteiger partial charge is 0.306 e. The number of ether oxygens (including phenoxy) is 1. The van der Waals surface area contributed by atoms with Gasteiger partial charge in [-0.3, -0.25) is 4.79 Å². The van der Waals surface area contributed by atoms with Crippen LogP contribution in [0.1, 0.15) is 38.7 Å². The number of methoxy groups -OCH3 is 1. The summed E-state index contributed by atoms with van der Waals surface area (Å²) >= 11 is 0. The van der Waals surface area contributed by atoms with Crippen LogP contribution in [0.2, 0.25) is 0 Å². The molecule has 1 aromatic rings. The van der Waals surface area contributed by atoms with E-state index in [4.69, 9.17) is 4.74 Å². The highest BCUT2D eigenvalue weighted by Crippen LogP contribution is 2.43. The van der Waals surface area contributed by atoms with Gasteiger partial charge in [-0.15, -0.1) is 0 Å². The molecule has 3 nitrogen and oxygen atoms in total. The molecule has 1 aliphatic rings. The highest BCUT2D eigenvalue weighted by atomic mass is 19.1. The lowest BCUT2D eigenvalue weighted by atomic mass is 9.65. The van der Waals surface area contributed by atoms with Gasteiger partial charge in [-0.05, 0) is 54.7 Å². The summed E-state index contributed by atoms with van der Waals surface area (Å²) in [6.45, 7) is 4.35. The normalized spacial score (nSPS) is 24.6. The van der Waals surface area contributed by atoms with Crippen molar-refractivity contribution >= 4 is 5.97 Å². The quantitative estimate of drug-likeness (QED) is 0.916. The standard InChI is InChI=1S/C17H23FO3/c1-17(2)7-6-13(16(19)20)12(10-17)8-11-4-5-15(21-3)14(18)9-11/h4-5,9,12-13H,6-8,10H2,1-3H3,(H,19,20). The minimum absolute atomic E-state index is 0.0547. The minimum atomic E-state index is -0.732. The van der Waals surface area contributed by atoms with E-state index < -0.39 is 11.8 Å². The molecule has 1 aliphatic carbocycles. The first-order chi connectivity index (χ1) is 9.82. The molecule has 116 valence electrons. The monoisotopic (exact) mass is 294 g/mol. The van der Waals surface area contributed by atoms with Crippen molar-refractivity contribution in [3.63, 3.8) is 0 Å². The molecule has 0 bridgehead atoms. The Morgan fingerprint density at radius 3 is 2.76 bits per heavy atom. The van der Waals surface area contributed by atoms with Crippen molar-refractivity contribution in [3.05, 3.63) is 29.6 Å². The maximum absolute atomic E-state index is 13.8. The largest absolute Gasteiger partial charge is 0.494 e. The fourth-order valence-electron chi connectivity index (χ4n) is 3.42. The van der Waals surface area contributed by atoms with Gasteiger partial charge in [0.05, 0.1) is 13.0 Å². The zero-order valence-electron chi connectivity index (χ0n) is 12.9. The summed E-state index contributed by atoms with van der Waals surface area (Å²) < 4.78 is 18.7. The molecule has 1 aromatic carbocycles. The Labute approximate surface area is 125 Å². The first-order valence-electron chi connectivity index (χ1n) is 7.37. The van der Waals surface area contributed by atoms with E-state index in [0.717, 1.165) is 18.4 Å². The van der Waals surface area contributed by atoms with E-state index >= 15 is 0 Å². The van der Waals surface area contributed by atoms with E-state index in [-0.39, 0.29) is 23.0 Å². The molecule has 0 aromatic heterocycles. The van der Waals surface area contributed by atoms with Crippen LogP contribution in [0.3, 0.4) is 0 Å². The zero-order valence-corrected chi connectivity index (χ0v) is 12.9. The lowest BCUT2D eigenvalue weighted by molar-refractivity contribution is -0.146. The van der Waals surface area contributed by atoms with Gasteiger partial charge in [-0.1, -0.05) is 19.9 Å². The molecule has 2 unspecified atom stereocenters. The Hall–Kier alpha value is -1.58. The van der Waals surface area contributed by atoms with Crippen LogP contribution in [0.4, 0.5) is 4.39 Å². The summed E-state index contributed by atoms with van der Waals surface area (Å²) in [7, 11) is 1.43. The highest BCUT2D eigenvalue weighted by molar-refractivity contribution is 5.70. The van der Waals surface area contributed by atoms with E-state index in [1.165, 1.54) is 13.2 Å². The summed E-state index contributed by atoms with van der Waals surface area (Å²) in [6, 6.07) is 4.89. The number of carboxylic acids is 1. The van der Waals surface area contributed by atoms with Crippen LogP contribution in [-0.2, 0) is 11.2 Å². The molecular formula is C17H23FO3. The van der Waals surface area contributed by atoms with Crippen LogP contribution in [0.25, 0.3) is 0 Å². The predicted molar refractivity (Wildman–Crippen MR) is 78.9 cm³/mol. The molecule has 21 heavy (non-hydrogen) atoms. The Balaban J connectivity index is 2.18. The Morgan fingerprint density at radius 1 is 1.48 bits per heavy atom. The second-order valence-electron chi connectivity index (χ2n) is 6.78. The minimum Gasteiger partial charge on any atom is -0.494 e. The van der Waals surface area contributed by atoms with Crippen LogP contribution < -0.4 is 4.74 Å². The summed E-state index contributed by atoms with van der Waals surface area (Å²) in [5.74, 6) is -1.18. The van der Waals surface area contributed by atoms with Crippen LogP contribution >= 0.6 is 0 Å². The van der Waals surface area contributed by atoms with E-state index in [9.17, 15) is 14.3 Å². The molecule has 0 saturated heterocycles. The number of rotatable bonds is 4. The van der Waals surface area contributed by atoms with Gasteiger partial charge in [0.2, 0.25) is 0 Å². The maximum atomic E-state index is 13.8. The molecule has 1 saturated carbocycles. The van der Waals surface area contributed by atoms with Gasteiger partial charge < -0.3 is 9.84 Å². The zero-order chi connectivity index (χ0) is 15.6. The first-order valence-corrected chi connectivity index (χ1v) is 7.37. The number of hydrogen-bond donors (Lipinski definition) is 1. The lowest BCUT2D eigenvalue weighted by Gasteiger charge is -2.39. The van der Waals surface area contributed by atoms with Gasteiger partial charge in [0.15, 0.2) is 11.6 Å². The fourth-order valence-corrected chi connectivity index (χ4v) is 3.42. The van der Waals surface area contributed by atoms with E-state index in [1.54, 1.807) is 6.07 Å². The van der Waals surface area contributed by atoms with Crippen LogP contribution in [-0.4, -0.2) is 18.2 Å². The van der Waals surface area contributed by atoms with Crippen LogP contribution in [0.15, 0.2) is 18.2 Å². The fraction of sp³-hybridized carbons (Fsp3) is 0.588. The number of halogens is 1. The third kappa shape index (κ3) is 3.74. The molecule has 0 amide bonds. The molecule has 1 N–H and O–H groups in total. The average molecular weight is 294 g/mol. The van der Waals surface area contributed by atoms with Gasteiger partial charge in [0, 0.05) is 0 Å². The summed E-state index contributed by atoms with van der Waals surface area (Å²) in [4.78, 5) is 11.4. The molecule has 2 atom stereocenters. The van der Waals surface area contributed by atoms with Crippen LogP contribution in [0.5, 0.6) is 5.75 Å². The van der Waals surface area contributed by atoms with Gasteiger partial charge in [-0.25, -0.2) is 4.39 Å². The van der Waals surface area contributed by atoms with Gasteiger partial charge in [0.1, 0.15) is 0 Å².